The van der Waals surface area contributed by atoms with Gasteiger partial charge in [0.2, 0.25) is 5.78 Å². The van der Waals surface area contributed by atoms with Crippen molar-refractivity contribution in [2.75, 3.05) is 39.5 Å². The summed E-state index contributed by atoms with van der Waals surface area (Å²) in [5.74, 6) is -1.73. The van der Waals surface area contributed by atoms with Crippen LogP contribution >= 0.6 is 7.82 Å². The summed E-state index contributed by atoms with van der Waals surface area (Å²) in [6.07, 6.45) is 21.1. The Bertz CT molecular complexity index is 2870. The highest BCUT2D eigenvalue weighted by molar-refractivity contribution is 7.46. The fourth-order valence-electron chi connectivity index (χ4n) is 15.5. The highest BCUT2D eigenvalue weighted by Gasteiger charge is 2.76. The number of nitrogens with one attached hydrogen (secondary N) is 1. The Morgan fingerprint density at radius 1 is 0.927 bits per heavy atom. The van der Waals surface area contributed by atoms with Crippen molar-refractivity contribution in [1.82, 2.24) is 10.2 Å². The maximum absolute atomic E-state index is 15.2. The Kier molecular flexibility index (Phi) is 19.2. The Labute approximate surface area is 482 Å². The molecule has 444 valence electrons. The van der Waals surface area contributed by atoms with Gasteiger partial charge in [0.05, 0.1) is 23.9 Å². The summed E-state index contributed by atoms with van der Waals surface area (Å²) in [6.45, 7) is 6.35. The number of unbranched alkanes of at least 4 members (excludes halogenated alkanes) is 4. The first kappa shape index (κ1) is 60.2. The number of Topliss-reactive ketones (excluding diaryl/α,β-unsaturated/α-hetero) is 1. The molecule has 3 heterocycles. The largest absolute Gasteiger partial charge is 0.524 e. The van der Waals surface area contributed by atoms with Crippen molar-refractivity contribution in [3.8, 4) is 5.75 Å². The summed E-state index contributed by atoms with van der Waals surface area (Å²) in [6, 6.07) is 17.4. The molecule has 2 aromatic carbocycles. The molecule has 4 saturated carbocycles. The van der Waals surface area contributed by atoms with E-state index in [0.717, 1.165) is 102 Å². The van der Waals surface area contributed by atoms with Crippen LogP contribution < -0.4 is 14.4 Å². The van der Waals surface area contributed by atoms with Crippen LogP contribution in [0.25, 0.3) is 0 Å². The van der Waals surface area contributed by atoms with Crippen molar-refractivity contribution in [2.24, 2.45) is 34.5 Å². The quantitative estimate of drug-likeness (QED) is 0.0232. The molecule has 7 aliphatic rings. The number of benzene rings is 2. The van der Waals surface area contributed by atoms with Gasteiger partial charge in [0, 0.05) is 55.0 Å². The fourth-order valence-corrected chi connectivity index (χ4v) is 15.9. The van der Waals surface area contributed by atoms with E-state index >= 15 is 4.79 Å². The number of hydrogen-bond acceptors (Lipinski definition) is 13. The second-order valence-corrected chi connectivity index (χ2v) is 25.9. The van der Waals surface area contributed by atoms with Crippen LogP contribution in [-0.4, -0.2) is 118 Å². The molecule has 82 heavy (non-hydrogen) atoms. The number of carbonyl (C=O) groups excluding carboxylic acids is 4. The number of aryl methyl sites for hydroxylation is 1. The van der Waals surface area contributed by atoms with Gasteiger partial charge in [-0.25, -0.2) is 9.36 Å². The normalized spacial score (nSPS) is 30.0. The third kappa shape index (κ3) is 13.0. The van der Waals surface area contributed by atoms with E-state index in [4.69, 9.17) is 23.5 Å². The number of phosphoric ester groups is 1. The smallest absolute Gasteiger partial charge is 0.456 e. The first-order valence-corrected chi connectivity index (χ1v) is 31.8. The number of fused-ring (bicyclic) bond motifs is 7. The number of amides is 1. The standard InChI is InChI=1S/C64H84N3O14P/c1-62-29-28-49(68)36-48(62)25-26-50-51-37-57-64(63(51,2)38-53(69)58(50)62,80-61(79-57)44-20-9-6-10-21-44)56(71)42-78-60(73)52-23-16-32-67(52)59(72)46-22-15-31-66(40-46)41-47-35-45(24-27-55(47)81-82(74,75)76)54(70)39-65-30-12-3-4-13-33-77-34-14-11-19-43-17-7-5-8-18-43/h5,7-8,15,17-18,22,24,27-29,31,35-36,40,44,50-54,57-58,61,65,69-70H,3-4,6,9-14,16,19-21,23,25-26,30,32-34,37-39,41-42H2,1-2H3,(H-,74,75,76)/p+1/t50?,51?,52?,53?,54?,57-,58?,61+,62-,63-,64+/m0/s1. The molecule has 6 unspecified atom stereocenters. The van der Waals surface area contributed by atoms with E-state index in [-0.39, 0.29) is 66.8 Å². The van der Waals surface area contributed by atoms with Crippen molar-refractivity contribution < 1.29 is 71.8 Å². The molecule has 6 fully saturated rings. The lowest BCUT2D eigenvalue weighted by Gasteiger charge is -2.59. The van der Waals surface area contributed by atoms with Crippen molar-refractivity contribution in [1.29, 1.82) is 0 Å². The van der Waals surface area contributed by atoms with Gasteiger partial charge in [-0.3, -0.25) is 24.2 Å². The summed E-state index contributed by atoms with van der Waals surface area (Å²) in [4.78, 5) is 77.4. The lowest BCUT2D eigenvalue weighted by atomic mass is 9.46. The number of esters is 1. The van der Waals surface area contributed by atoms with Gasteiger partial charge in [-0.05, 0) is 143 Å². The number of pyridine rings is 1. The molecule has 11 atom stereocenters. The van der Waals surface area contributed by atoms with Crippen LogP contribution in [0.3, 0.4) is 0 Å². The minimum Gasteiger partial charge on any atom is -0.456 e. The number of nitrogens with zero attached hydrogens (tertiary/aromatic N) is 2. The van der Waals surface area contributed by atoms with E-state index in [1.54, 1.807) is 53.4 Å². The zero-order valence-corrected chi connectivity index (χ0v) is 48.6. The molecule has 5 aliphatic carbocycles. The average Bonchev–Trinajstić information content (AvgIpc) is 1.75. The third-order valence-corrected chi connectivity index (χ3v) is 20.0. The van der Waals surface area contributed by atoms with E-state index < -0.39 is 79.2 Å². The van der Waals surface area contributed by atoms with Gasteiger partial charge >= 0.3 is 13.8 Å². The lowest BCUT2D eigenvalue weighted by molar-refractivity contribution is -0.688. The van der Waals surface area contributed by atoms with E-state index in [9.17, 15) is 38.9 Å². The number of phosphoric acid groups is 1. The summed E-state index contributed by atoms with van der Waals surface area (Å²) in [5.41, 5.74) is 0.678. The van der Waals surface area contributed by atoms with Gasteiger partial charge in [-0.1, -0.05) is 94.0 Å². The number of ether oxygens (including phenoxy) is 4. The number of aliphatic hydroxyl groups excluding tert-OH is 2. The number of carbonyl (C=O) groups is 4. The molecule has 0 spiro atoms. The molecular weight excluding hydrogens is 1070 g/mol. The zero-order valence-electron chi connectivity index (χ0n) is 47.7. The third-order valence-electron chi connectivity index (χ3n) is 19.6. The number of allylic oxidation sites excluding steroid dienone is 4. The second kappa shape index (κ2) is 26.1. The summed E-state index contributed by atoms with van der Waals surface area (Å²) < 4.78 is 44.6. The second-order valence-electron chi connectivity index (χ2n) is 24.8. The average molecular weight is 1150 g/mol. The maximum atomic E-state index is 15.2. The highest BCUT2D eigenvalue weighted by Crippen LogP contribution is 2.70. The lowest BCUT2D eigenvalue weighted by Crippen LogP contribution is -2.64. The van der Waals surface area contributed by atoms with Crippen LogP contribution in [0.5, 0.6) is 5.75 Å². The zero-order chi connectivity index (χ0) is 57.7. The summed E-state index contributed by atoms with van der Waals surface area (Å²) >= 11 is 0. The van der Waals surface area contributed by atoms with Crippen LogP contribution in [0.1, 0.15) is 156 Å². The molecule has 0 bridgehead atoms. The Hall–Kier alpha value is -4.94. The topological polar surface area (TPSA) is 232 Å². The predicted octanol–water partition coefficient (Wildman–Crippen LogP) is 8.38. The van der Waals surface area contributed by atoms with Crippen LogP contribution in [0, 0.1) is 34.5 Å². The van der Waals surface area contributed by atoms with Gasteiger partial charge in [0.15, 0.2) is 43.2 Å². The van der Waals surface area contributed by atoms with E-state index in [2.05, 4.69) is 43.4 Å². The number of aliphatic hydroxyl groups is 2. The van der Waals surface area contributed by atoms with E-state index in [1.807, 2.05) is 12.1 Å². The molecule has 2 aliphatic heterocycles. The minimum absolute atomic E-state index is 0.0131. The molecule has 0 radical (unpaired) electrons. The van der Waals surface area contributed by atoms with E-state index in [0.29, 0.717) is 43.4 Å². The number of ketones is 2. The summed E-state index contributed by atoms with van der Waals surface area (Å²) in [7, 11) is -4.98. The molecular formula is C64H85N3O14P+. The molecule has 3 aromatic rings. The SMILES string of the molecule is C[C@]12C=CC(=O)C=C1CCC1C2C(O)C[C@@]2(C)C1C[C@@H]1O[C@@H](C3CCCCC3)O[C@]12C(=O)COC(=O)C1CCCN1C(=O)c1ccc[n+](Cc2cc(C(O)CNCCCCCCOCCCCc3ccccc3)ccc2OP(=O)(O)O)c1. The van der Waals surface area contributed by atoms with Crippen molar-refractivity contribution in [3.05, 3.63) is 119 Å². The molecule has 1 aromatic heterocycles. The van der Waals surface area contributed by atoms with Crippen molar-refractivity contribution in [3.63, 3.8) is 0 Å². The van der Waals surface area contributed by atoms with Crippen LogP contribution in [0.15, 0.2) is 96.9 Å². The first-order chi connectivity index (χ1) is 39.5. The first-order valence-electron chi connectivity index (χ1n) is 30.3. The van der Waals surface area contributed by atoms with Gasteiger partial charge in [0.25, 0.3) is 5.91 Å². The van der Waals surface area contributed by atoms with Crippen molar-refractivity contribution >= 4 is 31.3 Å². The number of rotatable bonds is 25. The van der Waals surface area contributed by atoms with Gasteiger partial charge in [-0.2, -0.15) is 4.57 Å². The molecule has 18 heteroatoms. The van der Waals surface area contributed by atoms with Crippen LogP contribution in [-0.2, 0) is 50.9 Å². The number of likely N-dealkylation sites (tertiary alicyclic amines) is 1. The summed E-state index contributed by atoms with van der Waals surface area (Å²) in [5, 5.41) is 26.8. The molecule has 10 rings (SSSR count). The Morgan fingerprint density at radius 3 is 2.50 bits per heavy atom. The number of aromatic nitrogens is 1. The molecule has 2 saturated heterocycles. The molecule has 1 amide bonds. The Morgan fingerprint density at radius 2 is 1.71 bits per heavy atom. The van der Waals surface area contributed by atoms with Gasteiger partial charge < -0.3 is 43.9 Å². The Balaban J connectivity index is 0.747. The van der Waals surface area contributed by atoms with Crippen LogP contribution in [0.2, 0.25) is 0 Å². The molecule has 17 nitrogen and oxygen atoms in total. The fraction of sp³-hybridized carbons (Fsp3) is 0.609. The van der Waals surface area contributed by atoms with Gasteiger partial charge in [-0.15, -0.1) is 0 Å². The van der Waals surface area contributed by atoms with Crippen LogP contribution in [0.4, 0.5) is 0 Å². The van der Waals surface area contributed by atoms with E-state index in [1.165, 1.54) is 16.5 Å². The van der Waals surface area contributed by atoms with Gasteiger partial charge in [0.1, 0.15) is 17.4 Å². The predicted molar refractivity (Wildman–Crippen MR) is 304 cm³/mol. The maximum Gasteiger partial charge on any atom is 0.524 e. The van der Waals surface area contributed by atoms with Crippen molar-refractivity contribution in [2.45, 2.75) is 172 Å². The molecule has 5 N–H and O–H groups in total. The number of hydrogen-bond donors (Lipinski definition) is 5. The highest BCUT2D eigenvalue weighted by atomic mass is 31.2. The monoisotopic (exact) mass is 1150 g/mol. The minimum atomic E-state index is -4.98.